The fourth-order valence-corrected chi connectivity index (χ4v) is 4.45. The van der Waals surface area contributed by atoms with Crippen molar-refractivity contribution >= 4 is 11.6 Å². The van der Waals surface area contributed by atoms with Gasteiger partial charge in [0.25, 0.3) is 0 Å². The van der Waals surface area contributed by atoms with Gasteiger partial charge in [-0.2, -0.15) is 0 Å². The van der Waals surface area contributed by atoms with Gasteiger partial charge >= 0.3 is 0 Å². The summed E-state index contributed by atoms with van der Waals surface area (Å²) in [6.45, 7) is 1.79. The SMILES string of the molecule is COCCC(=O)NC1CC2(CCOCC2)Oc2ccc(-c3cccc(N(C)C)c3)cc21. The van der Waals surface area contributed by atoms with Crippen molar-refractivity contribution in [3.05, 3.63) is 48.0 Å². The molecule has 1 atom stereocenters. The van der Waals surface area contributed by atoms with Crippen molar-refractivity contribution in [3.63, 3.8) is 0 Å². The van der Waals surface area contributed by atoms with Gasteiger partial charge in [0, 0.05) is 58.1 Å². The van der Waals surface area contributed by atoms with E-state index in [2.05, 4.69) is 52.7 Å². The quantitative estimate of drug-likeness (QED) is 0.761. The molecule has 1 saturated heterocycles. The van der Waals surface area contributed by atoms with Gasteiger partial charge in [-0.05, 0) is 35.4 Å². The third kappa shape index (κ3) is 4.86. The lowest BCUT2D eigenvalue weighted by molar-refractivity contribution is -0.124. The summed E-state index contributed by atoms with van der Waals surface area (Å²) in [6, 6.07) is 14.7. The van der Waals surface area contributed by atoms with Gasteiger partial charge in [-0.15, -0.1) is 0 Å². The number of nitrogens with one attached hydrogen (secondary N) is 1. The lowest BCUT2D eigenvalue weighted by atomic mass is 9.81. The monoisotopic (exact) mass is 424 g/mol. The molecule has 0 saturated carbocycles. The van der Waals surface area contributed by atoms with E-state index in [1.54, 1.807) is 7.11 Å². The van der Waals surface area contributed by atoms with E-state index < -0.39 is 0 Å². The van der Waals surface area contributed by atoms with Crippen LogP contribution in [0.2, 0.25) is 0 Å². The van der Waals surface area contributed by atoms with Crippen molar-refractivity contribution in [2.24, 2.45) is 0 Å². The number of ether oxygens (including phenoxy) is 3. The molecule has 1 unspecified atom stereocenters. The first-order valence-electron chi connectivity index (χ1n) is 11.0. The van der Waals surface area contributed by atoms with E-state index in [1.165, 1.54) is 0 Å². The van der Waals surface area contributed by atoms with E-state index in [4.69, 9.17) is 14.2 Å². The van der Waals surface area contributed by atoms with Crippen LogP contribution in [0, 0.1) is 0 Å². The summed E-state index contributed by atoms with van der Waals surface area (Å²) >= 11 is 0. The molecule has 0 aliphatic carbocycles. The van der Waals surface area contributed by atoms with E-state index in [-0.39, 0.29) is 17.6 Å². The molecule has 2 aromatic rings. The zero-order valence-corrected chi connectivity index (χ0v) is 18.6. The second-order valence-corrected chi connectivity index (χ2v) is 8.66. The van der Waals surface area contributed by atoms with Crippen molar-refractivity contribution in [2.45, 2.75) is 37.3 Å². The molecule has 1 N–H and O–H groups in total. The minimum absolute atomic E-state index is 0.00178. The molecular weight excluding hydrogens is 392 g/mol. The molecule has 1 amide bonds. The summed E-state index contributed by atoms with van der Waals surface area (Å²) in [5.74, 6) is 0.861. The molecule has 31 heavy (non-hydrogen) atoms. The largest absolute Gasteiger partial charge is 0.487 e. The van der Waals surface area contributed by atoms with E-state index in [0.29, 0.717) is 26.2 Å². The number of hydrogen-bond acceptors (Lipinski definition) is 5. The highest BCUT2D eigenvalue weighted by Gasteiger charge is 2.42. The third-order valence-corrected chi connectivity index (χ3v) is 6.26. The summed E-state index contributed by atoms with van der Waals surface area (Å²) in [5.41, 5.74) is 4.17. The molecule has 6 nitrogen and oxygen atoms in total. The summed E-state index contributed by atoms with van der Waals surface area (Å²) in [5, 5.41) is 3.24. The fraction of sp³-hybridized carbons (Fsp3) is 0.480. The number of carbonyl (C=O) groups is 1. The Morgan fingerprint density at radius 3 is 2.68 bits per heavy atom. The van der Waals surface area contributed by atoms with Crippen LogP contribution in [0.25, 0.3) is 11.1 Å². The van der Waals surface area contributed by atoms with Gasteiger partial charge in [-0.1, -0.05) is 18.2 Å². The first-order chi connectivity index (χ1) is 15.0. The van der Waals surface area contributed by atoms with Gasteiger partial charge in [-0.3, -0.25) is 4.79 Å². The Balaban J connectivity index is 1.67. The Kier molecular flexibility index (Phi) is 6.49. The molecule has 2 aliphatic heterocycles. The van der Waals surface area contributed by atoms with Crippen LogP contribution in [-0.4, -0.2) is 52.5 Å². The molecule has 1 spiro atoms. The lowest BCUT2D eigenvalue weighted by Crippen LogP contribution is -2.48. The Morgan fingerprint density at radius 1 is 1.16 bits per heavy atom. The molecular formula is C25H32N2O4. The number of rotatable bonds is 6. The predicted octanol–water partition coefficient (Wildman–Crippen LogP) is 3.95. The topological polar surface area (TPSA) is 60.0 Å². The van der Waals surface area contributed by atoms with Crippen molar-refractivity contribution in [1.82, 2.24) is 5.32 Å². The average molecular weight is 425 g/mol. The van der Waals surface area contributed by atoms with Crippen LogP contribution in [-0.2, 0) is 14.3 Å². The number of fused-ring (bicyclic) bond motifs is 1. The van der Waals surface area contributed by atoms with E-state index in [0.717, 1.165) is 47.4 Å². The van der Waals surface area contributed by atoms with Crippen LogP contribution in [0.3, 0.4) is 0 Å². The molecule has 0 aromatic heterocycles. The second kappa shape index (κ2) is 9.28. The van der Waals surface area contributed by atoms with Crippen LogP contribution in [0.5, 0.6) is 5.75 Å². The molecule has 166 valence electrons. The maximum atomic E-state index is 12.6. The van der Waals surface area contributed by atoms with Crippen molar-refractivity contribution in [2.75, 3.05) is 45.9 Å². The van der Waals surface area contributed by atoms with Gasteiger partial charge < -0.3 is 24.4 Å². The van der Waals surface area contributed by atoms with E-state index in [9.17, 15) is 4.79 Å². The highest BCUT2D eigenvalue weighted by atomic mass is 16.5. The Morgan fingerprint density at radius 2 is 1.94 bits per heavy atom. The number of amides is 1. The summed E-state index contributed by atoms with van der Waals surface area (Å²) in [4.78, 5) is 14.7. The normalized spacial score (nSPS) is 19.4. The Hall–Kier alpha value is -2.57. The molecule has 0 bridgehead atoms. The van der Waals surface area contributed by atoms with Gasteiger partial charge in [-0.25, -0.2) is 0 Å². The van der Waals surface area contributed by atoms with Crippen LogP contribution >= 0.6 is 0 Å². The van der Waals surface area contributed by atoms with Crippen molar-refractivity contribution in [1.29, 1.82) is 0 Å². The maximum Gasteiger partial charge on any atom is 0.222 e. The number of benzene rings is 2. The van der Waals surface area contributed by atoms with Crippen molar-refractivity contribution < 1.29 is 19.0 Å². The van der Waals surface area contributed by atoms with Gasteiger partial charge in [0.05, 0.1) is 25.9 Å². The Bertz CT molecular complexity index is 921. The maximum absolute atomic E-state index is 12.6. The molecule has 2 aromatic carbocycles. The van der Waals surface area contributed by atoms with Crippen LogP contribution in [0.15, 0.2) is 42.5 Å². The number of nitrogens with zero attached hydrogens (tertiary/aromatic N) is 1. The minimum Gasteiger partial charge on any atom is -0.487 e. The number of methoxy groups -OCH3 is 1. The molecule has 2 heterocycles. The predicted molar refractivity (Wildman–Crippen MR) is 122 cm³/mol. The standard InChI is InChI=1S/C25H32N2O4/c1-27(2)20-6-4-5-18(15-20)19-7-8-23-21(16-19)22(26-24(28)9-12-29-3)17-25(31-23)10-13-30-14-11-25/h4-8,15-16,22H,9-14,17H2,1-3H3,(H,26,28). The van der Waals surface area contributed by atoms with Gasteiger partial charge in [0.15, 0.2) is 0 Å². The summed E-state index contributed by atoms with van der Waals surface area (Å²) < 4.78 is 17.2. The molecule has 1 fully saturated rings. The third-order valence-electron chi connectivity index (χ3n) is 6.26. The minimum atomic E-state index is -0.281. The van der Waals surface area contributed by atoms with Crippen LogP contribution in [0.4, 0.5) is 5.69 Å². The lowest BCUT2D eigenvalue weighted by Gasteiger charge is -2.44. The van der Waals surface area contributed by atoms with Gasteiger partial charge in [0.2, 0.25) is 5.91 Å². The molecule has 0 radical (unpaired) electrons. The number of hydrogen-bond donors (Lipinski definition) is 1. The van der Waals surface area contributed by atoms with Crippen molar-refractivity contribution in [3.8, 4) is 16.9 Å². The smallest absolute Gasteiger partial charge is 0.222 e. The van der Waals surface area contributed by atoms with Crippen LogP contribution < -0.4 is 15.0 Å². The van der Waals surface area contributed by atoms with E-state index in [1.807, 2.05) is 14.1 Å². The van der Waals surface area contributed by atoms with Gasteiger partial charge in [0.1, 0.15) is 11.4 Å². The summed E-state index contributed by atoms with van der Waals surface area (Å²) in [7, 11) is 5.69. The molecule has 4 rings (SSSR count). The number of anilines is 1. The summed E-state index contributed by atoms with van der Waals surface area (Å²) in [6.07, 6.45) is 2.78. The zero-order chi connectivity index (χ0) is 21.8. The first kappa shape index (κ1) is 21.7. The molecule has 6 heteroatoms. The fourth-order valence-electron chi connectivity index (χ4n) is 4.45. The zero-order valence-electron chi connectivity index (χ0n) is 18.6. The highest BCUT2D eigenvalue weighted by Crippen LogP contribution is 2.45. The first-order valence-corrected chi connectivity index (χ1v) is 11.0. The number of carbonyl (C=O) groups excluding carboxylic acids is 1. The van der Waals surface area contributed by atoms with Crippen LogP contribution in [0.1, 0.15) is 37.3 Å². The average Bonchev–Trinajstić information content (AvgIpc) is 2.78. The second-order valence-electron chi connectivity index (χ2n) is 8.66. The van der Waals surface area contributed by atoms with E-state index >= 15 is 0 Å². The Labute approximate surface area is 184 Å². The molecule has 2 aliphatic rings. The highest BCUT2D eigenvalue weighted by molar-refractivity contribution is 5.77.